The first kappa shape index (κ1) is 10.9. The van der Waals surface area contributed by atoms with E-state index in [4.69, 9.17) is 16.3 Å². The molecule has 1 aromatic heterocycles. The Hall–Kier alpha value is -0.580. The van der Waals surface area contributed by atoms with Gasteiger partial charge in [0.25, 0.3) is 0 Å². The topological polar surface area (TPSA) is 30.3 Å². The fourth-order valence-corrected chi connectivity index (χ4v) is 1.93. The highest BCUT2D eigenvalue weighted by atomic mass is 35.5. The maximum absolute atomic E-state index is 5.82. The van der Waals surface area contributed by atoms with E-state index in [1.165, 1.54) is 0 Å². The van der Waals surface area contributed by atoms with Gasteiger partial charge in [-0.15, -0.1) is 0 Å². The molecule has 1 saturated heterocycles. The molecule has 0 aliphatic carbocycles. The van der Waals surface area contributed by atoms with Crippen LogP contribution in [0, 0.1) is 0 Å². The van der Waals surface area contributed by atoms with Crippen LogP contribution >= 0.6 is 11.6 Å². The van der Waals surface area contributed by atoms with E-state index in [0.29, 0.717) is 17.2 Å². The van der Waals surface area contributed by atoms with E-state index < -0.39 is 0 Å². The van der Waals surface area contributed by atoms with Crippen molar-refractivity contribution >= 4 is 11.6 Å². The van der Waals surface area contributed by atoms with Crippen LogP contribution in [0.2, 0.25) is 5.02 Å². The summed E-state index contributed by atoms with van der Waals surface area (Å²) in [5.41, 5.74) is 0. The van der Waals surface area contributed by atoms with Crippen LogP contribution < -0.4 is 0 Å². The predicted octanol–water partition coefficient (Wildman–Crippen LogP) is 1.60. The van der Waals surface area contributed by atoms with Crippen molar-refractivity contribution in [3.05, 3.63) is 17.4 Å². The Balaban J connectivity index is 1.98. The minimum Gasteiger partial charge on any atom is -0.376 e. The average Bonchev–Trinajstić information content (AvgIpc) is 2.58. The van der Waals surface area contributed by atoms with Crippen molar-refractivity contribution in [3.8, 4) is 0 Å². The molecule has 84 valence electrons. The van der Waals surface area contributed by atoms with Crippen LogP contribution in [0.3, 0.4) is 0 Å². The Labute approximate surface area is 94.8 Å². The van der Waals surface area contributed by atoms with Crippen molar-refractivity contribution in [3.63, 3.8) is 0 Å². The van der Waals surface area contributed by atoms with Gasteiger partial charge in [0.2, 0.25) is 0 Å². The molecule has 2 unspecified atom stereocenters. The zero-order chi connectivity index (χ0) is 10.8. The molecule has 2 rings (SSSR count). The Bertz CT molecular complexity index is 328. The first-order valence-corrected chi connectivity index (χ1v) is 5.56. The third-order valence-electron chi connectivity index (χ3n) is 2.67. The summed E-state index contributed by atoms with van der Waals surface area (Å²) in [7, 11) is 0. The second-order valence-electron chi connectivity index (χ2n) is 4.10. The number of nitrogens with zero attached hydrogens (tertiary/aromatic N) is 3. The Morgan fingerprint density at radius 2 is 2.40 bits per heavy atom. The molecule has 1 aliphatic heterocycles. The van der Waals surface area contributed by atoms with E-state index >= 15 is 0 Å². The summed E-state index contributed by atoms with van der Waals surface area (Å²) < 4.78 is 7.42. The number of rotatable bonds is 2. The van der Waals surface area contributed by atoms with Crippen molar-refractivity contribution in [2.45, 2.75) is 32.7 Å². The van der Waals surface area contributed by atoms with Gasteiger partial charge in [0.1, 0.15) is 0 Å². The smallest absolute Gasteiger partial charge is 0.0933 e. The number of aromatic nitrogens is 2. The monoisotopic (exact) mass is 229 g/mol. The van der Waals surface area contributed by atoms with E-state index in [1.807, 2.05) is 10.9 Å². The summed E-state index contributed by atoms with van der Waals surface area (Å²) in [6, 6.07) is 0.434. The van der Waals surface area contributed by atoms with Crippen LogP contribution in [0.1, 0.15) is 13.8 Å². The van der Waals surface area contributed by atoms with E-state index in [9.17, 15) is 0 Å². The molecule has 0 radical (unpaired) electrons. The molecule has 0 spiro atoms. The van der Waals surface area contributed by atoms with Gasteiger partial charge in [0.15, 0.2) is 0 Å². The SMILES string of the molecule is CC1CN(Cn2cc(Cl)cn2)C(C)CO1. The van der Waals surface area contributed by atoms with Gasteiger partial charge in [-0.2, -0.15) is 5.10 Å². The van der Waals surface area contributed by atoms with E-state index in [0.717, 1.165) is 19.8 Å². The molecule has 0 saturated carbocycles. The standard InChI is InChI=1S/C10H16ClN3O/c1-8-6-15-9(2)4-13(8)7-14-5-10(11)3-12-14/h3,5,8-9H,4,6-7H2,1-2H3. The minimum atomic E-state index is 0.298. The fraction of sp³-hybridized carbons (Fsp3) is 0.700. The van der Waals surface area contributed by atoms with Gasteiger partial charge in [0, 0.05) is 18.8 Å². The largest absolute Gasteiger partial charge is 0.376 e. The van der Waals surface area contributed by atoms with Gasteiger partial charge in [-0.25, -0.2) is 0 Å². The van der Waals surface area contributed by atoms with E-state index in [-0.39, 0.29) is 0 Å². The Kier molecular flexibility index (Phi) is 3.29. The van der Waals surface area contributed by atoms with E-state index in [1.54, 1.807) is 6.20 Å². The molecule has 5 heteroatoms. The number of hydrogen-bond acceptors (Lipinski definition) is 3. The van der Waals surface area contributed by atoms with Crippen LogP contribution in [0.5, 0.6) is 0 Å². The van der Waals surface area contributed by atoms with Crippen LogP contribution in [-0.2, 0) is 11.4 Å². The number of hydrogen-bond donors (Lipinski definition) is 0. The van der Waals surface area contributed by atoms with E-state index in [2.05, 4.69) is 23.8 Å². The second-order valence-corrected chi connectivity index (χ2v) is 4.54. The van der Waals surface area contributed by atoms with Crippen molar-refractivity contribution in [2.75, 3.05) is 13.2 Å². The second kappa shape index (κ2) is 4.51. The lowest BCUT2D eigenvalue weighted by Crippen LogP contribution is -2.47. The van der Waals surface area contributed by atoms with Gasteiger partial charge < -0.3 is 4.74 Å². The molecule has 1 aliphatic rings. The van der Waals surface area contributed by atoms with Crippen LogP contribution in [0.25, 0.3) is 0 Å². The molecule has 1 fully saturated rings. The summed E-state index contributed by atoms with van der Waals surface area (Å²) in [5.74, 6) is 0. The highest BCUT2D eigenvalue weighted by Gasteiger charge is 2.23. The molecular weight excluding hydrogens is 214 g/mol. The Morgan fingerprint density at radius 3 is 3.07 bits per heavy atom. The molecule has 0 aromatic carbocycles. The highest BCUT2D eigenvalue weighted by Crippen LogP contribution is 2.13. The maximum atomic E-state index is 5.82. The number of morpholine rings is 1. The van der Waals surface area contributed by atoms with Crippen molar-refractivity contribution in [2.24, 2.45) is 0 Å². The van der Waals surface area contributed by atoms with Gasteiger partial charge >= 0.3 is 0 Å². The van der Waals surface area contributed by atoms with Crippen LogP contribution in [0.4, 0.5) is 0 Å². The molecule has 4 nitrogen and oxygen atoms in total. The molecule has 2 atom stereocenters. The molecular formula is C10H16ClN3O. The zero-order valence-electron chi connectivity index (χ0n) is 9.06. The zero-order valence-corrected chi connectivity index (χ0v) is 9.81. The van der Waals surface area contributed by atoms with Gasteiger partial charge in [0.05, 0.1) is 30.6 Å². The predicted molar refractivity (Wildman–Crippen MR) is 58.8 cm³/mol. The van der Waals surface area contributed by atoms with Crippen LogP contribution in [-0.4, -0.2) is 40.0 Å². The molecule has 0 bridgehead atoms. The van der Waals surface area contributed by atoms with Gasteiger partial charge in [-0.1, -0.05) is 11.6 Å². The molecule has 0 N–H and O–H groups in total. The lowest BCUT2D eigenvalue weighted by atomic mass is 10.2. The lowest BCUT2D eigenvalue weighted by molar-refractivity contribution is -0.0622. The minimum absolute atomic E-state index is 0.298. The fourth-order valence-electron chi connectivity index (χ4n) is 1.77. The van der Waals surface area contributed by atoms with Crippen molar-refractivity contribution < 1.29 is 4.74 Å². The third kappa shape index (κ3) is 2.71. The maximum Gasteiger partial charge on any atom is 0.0933 e. The number of halogens is 1. The average molecular weight is 230 g/mol. The van der Waals surface area contributed by atoms with Crippen molar-refractivity contribution in [1.82, 2.24) is 14.7 Å². The summed E-state index contributed by atoms with van der Waals surface area (Å²) >= 11 is 5.82. The molecule has 2 heterocycles. The normalized spacial score (nSPS) is 28.2. The molecule has 0 amide bonds. The highest BCUT2D eigenvalue weighted by molar-refractivity contribution is 6.30. The molecule has 15 heavy (non-hydrogen) atoms. The Morgan fingerprint density at radius 1 is 1.60 bits per heavy atom. The van der Waals surface area contributed by atoms with Gasteiger partial charge in [-0.05, 0) is 13.8 Å². The van der Waals surface area contributed by atoms with Crippen molar-refractivity contribution in [1.29, 1.82) is 0 Å². The van der Waals surface area contributed by atoms with Gasteiger partial charge in [-0.3, -0.25) is 9.58 Å². The first-order valence-electron chi connectivity index (χ1n) is 5.19. The summed E-state index contributed by atoms with van der Waals surface area (Å²) in [6.45, 7) is 6.77. The lowest BCUT2D eigenvalue weighted by Gasteiger charge is -2.36. The first-order chi connectivity index (χ1) is 7.15. The summed E-state index contributed by atoms with van der Waals surface area (Å²) in [6.07, 6.45) is 3.80. The quantitative estimate of drug-likeness (QED) is 0.772. The number of ether oxygens (including phenoxy) is 1. The van der Waals surface area contributed by atoms with Crippen LogP contribution in [0.15, 0.2) is 12.4 Å². The molecule has 1 aromatic rings. The third-order valence-corrected chi connectivity index (χ3v) is 2.86. The summed E-state index contributed by atoms with van der Waals surface area (Å²) in [5, 5.41) is 4.86. The summed E-state index contributed by atoms with van der Waals surface area (Å²) in [4.78, 5) is 2.34.